The molecule has 0 saturated carbocycles. The van der Waals surface area contributed by atoms with Crippen molar-refractivity contribution in [1.29, 1.82) is 0 Å². The van der Waals surface area contributed by atoms with Crippen LogP contribution in [0.1, 0.15) is 47.7 Å². The number of carboxylic acids is 1. The van der Waals surface area contributed by atoms with Crippen LogP contribution in [0.4, 0.5) is 4.39 Å². The van der Waals surface area contributed by atoms with Crippen molar-refractivity contribution in [3.63, 3.8) is 0 Å². The normalized spacial score (nSPS) is 22.6. The lowest BCUT2D eigenvalue weighted by Crippen LogP contribution is -2.58. The van der Waals surface area contributed by atoms with Gasteiger partial charge in [0, 0.05) is 17.7 Å². The minimum absolute atomic E-state index is 0.0357. The Balaban J connectivity index is 2.15. The van der Waals surface area contributed by atoms with Gasteiger partial charge in [-0.2, -0.15) is 0 Å². The van der Waals surface area contributed by atoms with Gasteiger partial charge in [-0.15, -0.1) is 0 Å². The summed E-state index contributed by atoms with van der Waals surface area (Å²) in [6.07, 6.45) is 0.443. The number of benzene rings is 2. The third kappa shape index (κ3) is 2.69. The Bertz CT molecular complexity index is 835. The third-order valence-electron chi connectivity index (χ3n) is 5.23. The number of carbonyl (C=O) groups excluding carboxylic acids is 1. The summed E-state index contributed by atoms with van der Waals surface area (Å²) in [5, 5.41) is 9.86. The van der Waals surface area contributed by atoms with Gasteiger partial charge in [0.15, 0.2) is 0 Å². The maximum Gasteiger partial charge on any atom is 0.313 e. The van der Waals surface area contributed by atoms with Crippen molar-refractivity contribution in [2.24, 2.45) is 0 Å². The zero-order valence-corrected chi connectivity index (χ0v) is 14.2. The molecule has 0 aliphatic carbocycles. The Morgan fingerprint density at radius 1 is 1.20 bits per heavy atom. The van der Waals surface area contributed by atoms with Gasteiger partial charge in [-0.3, -0.25) is 9.59 Å². The van der Waals surface area contributed by atoms with Gasteiger partial charge in [0.25, 0.3) is 5.91 Å². The average Bonchev–Trinajstić information content (AvgIpc) is 2.60. The van der Waals surface area contributed by atoms with E-state index in [4.69, 9.17) is 0 Å². The van der Waals surface area contributed by atoms with E-state index in [2.05, 4.69) is 0 Å². The number of aliphatic carboxylic acids is 1. The summed E-state index contributed by atoms with van der Waals surface area (Å²) < 4.78 is 14.1. The highest BCUT2D eigenvalue weighted by Crippen LogP contribution is 2.43. The molecule has 2 aromatic carbocycles. The number of carbonyl (C=O) groups is 2. The predicted molar refractivity (Wildman–Crippen MR) is 91.8 cm³/mol. The van der Waals surface area contributed by atoms with E-state index in [0.717, 1.165) is 0 Å². The van der Waals surface area contributed by atoms with E-state index in [1.807, 2.05) is 6.92 Å². The average molecular weight is 341 g/mol. The summed E-state index contributed by atoms with van der Waals surface area (Å²) in [5.74, 6) is -2.51. The zero-order chi connectivity index (χ0) is 18.2. The first-order valence-electron chi connectivity index (χ1n) is 8.27. The molecule has 1 aliphatic rings. The van der Waals surface area contributed by atoms with Gasteiger partial charge in [0.1, 0.15) is 11.7 Å². The van der Waals surface area contributed by atoms with Gasteiger partial charge < -0.3 is 10.0 Å². The van der Waals surface area contributed by atoms with Crippen LogP contribution in [0.2, 0.25) is 0 Å². The molecule has 2 aromatic rings. The standard InChI is InChI=1S/C20H20FNO3/c1-3-20(2)17(19(24)25)14-9-5-6-10-15(14)18(23)22(20)12-13-8-4-7-11-16(13)21/h4-11,17H,3,12H2,1-2H3,(H,24,25). The highest BCUT2D eigenvalue weighted by atomic mass is 19.1. The van der Waals surface area contributed by atoms with E-state index in [-0.39, 0.29) is 12.5 Å². The Morgan fingerprint density at radius 3 is 2.48 bits per heavy atom. The van der Waals surface area contributed by atoms with E-state index >= 15 is 0 Å². The van der Waals surface area contributed by atoms with Crippen LogP contribution in [-0.4, -0.2) is 27.4 Å². The number of amides is 1. The number of hydrogen-bond acceptors (Lipinski definition) is 2. The fourth-order valence-electron chi connectivity index (χ4n) is 3.66. The Morgan fingerprint density at radius 2 is 1.84 bits per heavy atom. The van der Waals surface area contributed by atoms with E-state index in [1.54, 1.807) is 49.4 Å². The van der Waals surface area contributed by atoms with Crippen molar-refractivity contribution < 1.29 is 19.1 Å². The molecular weight excluding hydrogens is 321 g/mol. The molecular formula is C20H20FNO3. The summed E-state index contributed by atoms with van der Waals surface area (Å²) in [7, 11) is 0. The molecule has 2 atom stereocenters. The van der Waals surface area contributed by atoms with Crippen molar-refractivity contribution in [2.45, 2.75) is 38.3 Å². The zero-order valence-electron chi connectivity index (χ0n) is 14.2. The molecule has 1 heterocycles. The van der Waals surface area contributed by atoms with E-state index in [1.165, 1.54) is 11.0 Å². The van der Waals surface area contributed by atoms with Crippen molar-refractivity contribution >= 4 is 11.9 Å². The molecule has 130 valence electrons. The molecule has 2 unspecified atom stereocenters. The van der Waals surface area contributed by atoms with Crippen LogP contribution >= 0.6 is 0 Å². The first-order valence-corrected chi connectivity index (χ1v) is 8.27. The quantitative estimate of drug-likeness (QED) is 0.920. The number of carboxylic acid groups (broad SMARTS) is 1. The second-order valence-electron chi connectivity index (χ2n) is 6.55. The number of hydrogen-bond donors (Lipinski definition) is 1. The fraction of sp³-hybridized carbons (Fsp3) is 0.300. The summed E-state index contributed by atoms with van der Waals surface area (Å²) in [6.45, 7) is 3.65. The number of nitrogens with zero attached hydrogens (tertiary/aromatic N) is 1. The van der Waals surface area contributed by atoms with Crippen LogP contribution in [0.25, 0.3) is 0 Å². The molecule has 3 rings (SSSR count). The van der Waals surface area contributed by atoms with Gasteiger partial charge in [-0.25, -0.2) is 4.39 Å². The van der Waals surface area contributed by atoms with Crippen LogP contribution in [0, 0.1) is 5.82 Å². The molecule has 4 nitrogen and oxygen atoms in total. The summed E-state index contributed by atoms with van der Waals surface area (Å²) >= 11 is 0. The van der Waals surface area contributed by atoms with Gasteiger partial charge in [0.05, 0.1) is 5.54 Å². The molecule has 0 saturated heterocycles. The minimum atomic E-state index is -0.983. The highest BCUT2D eigenvalue weighted by Gasteiger charge is 2.50. The van der Waals surface area contributed by atoms with Gasteiger partial charge >= 0.3 is 5.97 Å². The maximum absolute atomic E-state index is 14.1. The largest absolute Gasteiger partial charge is 0.481 e. The van der Waals surface area contributed by atoms with Gasteiger partial charge in [0.2, 0.25) is 0 Å². The SMILES string of the molecule is CCC1(C)C(C(=O)O)c2ccccc2C(=O)N1Cc1ccccc1F. The molecule has 0 aromatic heterocycles. The summed E-state index contributed by atoms with van der Waals surface area (Å²) in [5.41, 5.74) is 0.324. The van der Waals surface area contributed by atoms with Crippen LogP contribution in [0.5, 0.6) is 0 Å². The van der Waals surface area contributed by atoms with E-state index in [9.17, 15) is 19.1 Å². The second kappa shape index (κ2) is 6.31. The van der Waals surface area contributed by atoms with Crippen molar-refractivity contribution in [3.05, 3.63) is 71.0 Å². The predicted octanol–water partition coefficient (Wildman–Crippen LogP) is 3.82. The molecule has 0 spiro atoms. The molecule has 0 fully saturated rings. The van der Waals surface area contributed by atoms with E-state index < -0.39 is 23.2 Å². The van der Waals surface area contributed by atoms with Crippen molar-refractivity contribution in [3.8, 4) is 0 Å². The first kappa shape index (κ1) is 17.1. The van der Waals surface area contributed by atoms with Crippen molar-refractivity contribution in [1.82, 2.24) is 4.90 Å². The lowest BCUT2D eigenvalue weighted by molar-refractivity contribution is -0.143. The molecule has 0 radical (unpaired) electrons. The van der Waals surface area contributed by atoms with Gasteiger partial charge in [-0.1, -0.05) is 43.3 Å². The molecule has 0 bridgehead atoms. The fourth-order valence-corrected chi connectivity index (χ4v) is 3.66. The first-order chi connectivity index (χ1) is 11.9. The monoisotopic (exact) mass is 341 g/mol. The lowest BCUT2D eigenvalue weighted by Gasteiger charge is -2.48. The Kier molecular flexibility index (Phi) is 4.33. The van der Waals surface area contributed by atoms with Gasteiger partial charge in [-0.05, 0) is 31.0 Å². The topological polar surface area (TPSA) is 57.6 Å². The highest BCUT2D eigenvalue weighted by molar-refractivity contribution is 6.00. The third-order valence-corrected chi connectivity index (χ3v) is 5.23. The minimum Gasteiger partial charge on any atom is -0.481 e. The molecule has 25 heavy (non-hydrogen) atoms. The Hall–Kier alpha value is -2.69. The van der Waals surface area contributed by atoms with Crippen LogP contribution in [0.15, 0.2) is 48.5 Å². The van der Waals surface area contributed by atoms with E-state index in [0.29, 0.717) is 23.1 Å². The maximum atomic E-state index is 14.1. The second-order valence-corrected chi connectivity index (χ2v) is 6.55. The van der Waals surface area contributed by atoms with Crippen LogP contribution < -0.4 is 0 Å². The van der Waals surface area contributed by atoms with Crippen molar-refractivity contribution in [2.75, 3.05) is 0 Å². The molecule has 1 amide bonds. The lowest BCUT2D eigenvalue weighted by atomic mass is 9.72. The Labute approximate surface area is 145 Å². The molecule has 5 heteroatoms. The summed E-state index contributed by atoms with van der Waals surface area (Å²) in [6, 6.07) is 13.0. The summed E-state index contributed by atoms with van der Waals surface area (Å²) in [4.78, 5) is 26.6. The van der Waals surface area contributed by atoms with Crippen LogP contribution in [0.3, 0.4) is 0 Å². The molecule has 1 N–H and O–H groups in total. The number of fused-ring (bicyclic) bond motifs is 1. The smallest absolute Gasteiger partial charge is 0.313 e. The number of rotatable bonds is 4. The van der Waals surface area contributed by atoms with Crippen LogP contribution in [-0.2, 0) is 11.3 Å². The number of halogens is 1. The molecule has 1 aliphatic heterocycles.